The number of carbonyl (C=O) groups excluding carboxylic acids is 1. The molecule has 0 aliphatic heterocycles. The van der Waals surface area contributed by atoms with Gasteiger partial charge in [0.25, 0.3) is 5.92 Å². The van der Waals surface area contributed by atoms with Crippen molar-refractivity contribution in [2.75, 3.05) is 6.61 Å². The van der Waals surface area contributed by atoms with Gasteiger partial charge in [0.2, 0.25) is 0 Å². The third-order valence-corrected chi connectivity index (χ3v) is 4.65. The normalized spacial score (nSPS) is 43.4. The summed E-state index contributed by atoms with van der Waals surface area (Å²) in [5.41, 5.74) is 0.924. The maximum Gasteiger partial charge on any atom is 0.330 e. The van der Waals surface area contributed by atoms with Gasteiger partial charge in [-0.2, -0.15) is 0 Å². The molecule has 4 heteroatoms. The van der Waals surface area contributed by atoms with Crippen LogP contribution in [0.1, 0.15) is 26.2 Å². The van der Waals surface area contributed by atoms with Crippen LogP contribution < -0.4 is 0 Å². The predicted octanol–water partition coefficient (Wildman–Crippen LogP) is 2.79. The molecule has 3 saturated carbocycles. The largest absolute Gasteiger partial charge is 0.463 e. The van der Waals surface area contributed by atoms with Crippen molar-refractivity contribution < 1.29 is 18.3 Å². The number of ether oxygens (including phenoxy) is 1. The summed E-state index contributed by atoms with van der Waals surface area (Å²) < 4.78 is 32.6. The van der Waals surface area contributed by atoms with Gasteiger partial charge in [-0.3, -0.25) is 0 Å². The first kappa shape index (κ1) is 11.2. The topological polar surface area (TPSA) is 26.3 Å². The van der Waals surface area contributed by atoms with Crippen molar-refractivity contribution in [2.24, 2.45) is 23.7 Å². The van der Waals surface area contributed by atoms with Crippen LogP contribution >= 0.6 is 0 Å². The van der Waals surface area contributed by atoms with Gasteiger partial charge in [0, 0.05) is 17.9 Å². The SMILES string of the molecule is CCOC(=O)C=C1[C@H]2CC[C@H]3C[C@@H]1[C@@H]2C3(F)F. The molecule has 2 nitrogen and oxygen atoms in total. The first-order valence-corrected chi connectivity index (χ1v) is 6.31. The molecule has 0 aromatic carbocycles. The molecule has 0 aromatic rings. The summed E-state index contributed by atoms with van der Waals surface area (Å²) in [5.74, 6) is -3.96. The molecule has 17 heavy (non-hydrogen) atoms. The van der Waals surface area contributed by atoms with Crippen LogP contribution in [0.4, 0.5) is 8.78 Å². The lowest BCUT2D eigenvalue weighted by molar-refractivity contribution is -0.140. The zero-order valence-electron chi connectivity index (χ0n) is 9.79. The lowest BCUT2D eigenvalue weighted by atomic mass is 9.59. The van der Waals surface area contributed by atoms with Gasteiger partial charge in [-0.1, -0.05) is 5.57 Å². The van der Waals surface area contributed by atoms with Gasteiger partial charge in [0.15, 0.2) is 0 Å². The number of carbonyl (C=O) groups is 1. The molecular formula is C13H16F2O2. The molecule has 0 spiro atoms. The summed E-state index contributed by atoms with van der Waals surface area (Å²) in [5, 5.41) is 0. The van der Waals surface area contributed by atoms with Gasteiger partial charge >= 0.3 is 5.97 Å². The monoisotopic (exact) mass is 242 g/mol. The Labute approximate surface area is 99.0 Å². The van der Waals surface area contributed by atoms with Crippen LogP contribution in [0.5, 0.6) is 0 Å². The van der Waals surface area contributed by atoms with Crippen molar-refractivity contribution in [3.05, 3.63) is 11.6 Å². The number of hydrogen-bond donors (Lipinski definition) is 0. The highest BCUT2D eigenvalue weighted by molar-refractivity contribution is 5.83. The molecule has 2 bridgehead atoms. The van der Waals surface area contributed by atoms with Crippen LogP contribution in [0, 0.1) is 23.7 Å². The van der Waals surface area contributed by atoms with Gasteiger partial charge in [-0.05, 0) is 38.0 Å². The van der Waals surface area contributed by atoms with Crippen molar-refractivity contribution in [3.63, 3.8) is 0 Å². The fourth-order valence-corrected chi connectivity index (χ4v) is 3.98. The van der Waals surface area contributed by atoms with E-state index in [1.165, 1.54) is 6.08 Å². The minimum Gasteiger partial charge on any atom is -0.463 e. The summed E-state index contributed by atoms with van der Waals surface area (Å²) >= 11 is 0. The van der Waals surface area contributed by atoms with Crippen molar-refractivity contribution in [1.29, 1.82) is 0 Å². The first-order chi connectivity index (χ1) is 8.05. The number of rotatable bonds is 2. The van der Waals surface area contributed by atoms with Crippen LogP contribution in [0.3, 0.4) is 0 Å². The number of allylic oxidation sites excluding steroid dienone is 1. The van der Waals surface area contributed by atoms with Gasteiger partial charge in [0.05, 0.1) is 6.61 Å². The Balaban J connectivity index is 1.83. The van der Waals surface area contributed by atoms with Crippen LogP contribution in [0.25, 0.3) is 0 Å². The molecule has 0 heterocycles. The number of hydrogen-bond acceptors (Lipinski definition) is 2. The summed E-state index contributed by atoms with van der Waals surface area (Å²) in [6.45, 7) is 2.08. The highest BCUT2D eigenvalue weighted by atomic mass is 19.3. The molecule has 0 N–H and O–H groups in total. The van der Waals surface area contributed by atoms with Crippen molar-refractivity contribution in [2.45, 2.75) is 32.1 Å². The zero-order valence-corrected chi connectivity index (χ0v) is 9.79. The summed E-state index contributed by atoms with van der Waals surface area (Å²) in [4.78, 5) is 11.4. The van der Waals surface area contributed by atoms with Crippen LogP contribution in [0.2, 0.25) is 0 Å². The van der Waals surface area contributed by atoms with E-state index in [0.29, 0.717) is 19.4 Å². The highest BCUT2D eigenvalue weighted by Gasteiger charge is 2.69. The summed E-state index contributed by atoms with van der Waals surface area (Å²) in [7, 11) is 0. The maximum atomic E-state index is 13.9. The summed E-state index contributed by atoms with van der Waals surface area (Å²) in [6.07, 6.45) is 3.44. The van der Waals surface area contributed by atoms with Gasteiger partial charge in [-0.25, -0.2) is 13.6 Å². The lowest BCUT2D eigenvalue weighted by Crippen LogP contribution is -2.48. The predicted molar refractivity (Wildman–Crippen MR) is 57.5 cm³/mol. The van der Waals surface area contributed by atoms with E-state index in [2.05, 4.69) is 0 Å². The molecule has 0 saturated heterocycles. The number of alkyl halides is 2. The van der Waals surface area contributed by atoms with E-state index < -0.39 is 17.8 Å². The smallest absolute Gasteiger partial charge is 0.330 e. The van der Waals surface area contributed by atoms with E-state index in [0.717, 1.165) is 12.0 Å². The molecule has 0 aromatic heterocycles. The number of halogens is 2. The minimum absolute atomic E-state index is 0.0630. The van der Waals surface area contributed by atoms with Crippen LogP contribution in [-0.2, 0) is 9.53 Å². The van der Waals surface area contributed by atoms with Crippen molar-refractivity contribution >= 4 is 5.97 Å². The molecule has 3 fully saturated rings. The zero-order chi connectivity index (χ0) is 12.2. The van der Waals surface area contributed by atoms with Crippen molar-refractivity contribution in [3.8, 4) is 0 Å². The minimum atomic E-state index is -2.50. The third kappa shape index (κ3) is 1.39. The van der Waals surface area contributed by atoms with Gasteiger partial charge < -0.3 is 4.74 Å². The summed E-state index contributed by atoms with van der Waals surface area (Å²) in [6, 6.07) is 0. The van der Waals surface area contributed by atoms with Crippen LogP contribution in [-0.4, -0.2) is 18.5 Å². The van der Waals surface area contributed by atoms with E-state index in [1.807, 2.05) is 0 Å². The Hall–Kier alpha value is -0.930. The van der Waals surface area contributed by atoms with E-state index >= 15 is 0 Å². The van der Waals surface area contributed by atoms with Crippen molar-refractivity contribution in [1.82, 2.24) is 0 Å². The Morgan fingerprint density at radius 1 is 1.47 bits per heavy atom. The van der Waals surface area contributed by atoms with Gasteiger partial charge in [-0.15, -0.1) is 0 Å². The molecule has 0 radical (unpaired) electrons. The van der Waals surface area contributed by atoms with E-state index in [9.17, 15) is 13.6 Å². The maximum absolute atomic E-state index is 13.9. The second-order valence-corrected chi connectivity index (χ2v) is 5.32. The molecule has 3 aliphatic rings. The number of esters is 1. The van der Waals surface area contributed by atoms with Crippen LogP contribution in [0.15, 0.2) is 11.6 Å². The quantitative estimate of drug-likeness (QED) is 0.549. The molecule has 3 aliphatic carbocycles. The first-order valence-electron chi connectivity index (χ1n) is 6.31. The number of fused-ring (bicyclic) bond motifs is 1. The Morgan fingerprint density at radius 2 is 2.24 bits per heavy atom. The highest BCUT2D eigenvalue weighted by Crippen LogP contribution is 2.69. The fraction of sp³-hybridized carbons (Fsp3) is 0.769. The fourth-order valence-electron chi connectivity index (χ4n) is 3.98. The Bertz CT molecular complexity index is 381. The van der Waals surface area contributed by atoms with Gasteiger partial charge in [0.1, 0.15) is 0 Å². The second kappa shape index (κ2) is 3.53. The second-order valence-electron chi connectivity index (χ2n) is 5.32. The molecule has 94 valence electrons. The Kier molecular flexibility index (Phi) is 2.32. The Morgan fingerprint density at radius 3 is 2.94 bits per heavy atom. The standard InChI is InChI=1S/C13H16F2O2/c1-2-17-11(16)6-9-8-4-3-7-5-10(9)12(8)13(7,14)15/h6-8,10,12H,2-5H2,1H3/t7-,8+,10-,12+/m0/s1. The molecule has 0 unspecified atom stereocenters. The van der Waals surface area contributed by atoms with E-state index in [-0.39, 0.29) is 17.8 Å². The lowest BCUT2D eigenvalue weighted by Gasteiger charge is -2.48. The van der Waals surface area contributed by atoms with E-state index in [1.54, 1.807) is 6.92 Å². The van der Waals surface area contributed by atoms with E-state index in [4.69, 9.17) is 4.74 Å². The average Bonchev–Trinajstić information content (AvgIpc) is 2.48. The molecular weight excluding hydrogens is 226 g/mol. The molecule has 4 atom stereocenters. The third-order valence-electron chi connectivity index (χ3n) is 4.65. The molecule has 3 rings (SSSR count). The molecule has 0 amide bonds. The average molecular weight is 242 g/mol.